The van der Waals surface area contributed by atoms with Crippen LogP contribution in [0.4, 0.5) is 13.2 Å². The smallest absolute Gasteiger partial charge is 0.368 e. The van der Waals surface area contributed by atoms with Gasteiger partial charge in [0.2, 0.25) is 17.7 Å². The van der Waals surface area contributed by atoms with E-state index >= 15 is 0 Å². The van der Waals surface area contributed by atoms with Gasteiger partial charge in [-0.05, 0) is 59.0 Å². The molecule has 248 valence electrons. The van der Waals surface area contributed by atoms with Crippen molar-refractivity contribution >= 4 is 23.6 Å². The zero-order valence-electron chi connectivity index (χ0n) is 26.9. The van der Waals surface area contributed by atoms with E-state index in [2.05, 4.69) is 24.1 Å². The van der Waals surface area contributed by atoms with Crippen molar-refractivity contribution in [2.75, 3.05) is 6.54 Å². The van der Waals surface area contributed by atoms with Crippen molar-refractivity contribution in [3.8, 4) is 0 Å². The minimum absolute atomic E-state index is 0.0529. The third-order valence-electron chi connectivity index (χ3n) is 9.73. The molecule has 3 aliphatic rings. The van der Waals surface area contributed by atoms with Crippen molar-refractivity contribution in [2.24, 2.45) is 33.8 Å². The van der Waals surface area contributed by atoms with Crippen LogP contribution in [0.2, 0.25) is 0 Å². The van der Waals surface area contributed by atoms with Crippen LogP contribution < -0.4 is 21.9 Å². The number of nitrogens with two attached hydrogens (primary N) is 1. The van der Waals surface area contributed by atoms with Gasteiger partial charge in [-0.15, -0.1) is 0 Å². The van der Waals surface area contributed by atoms with E-state index in [0.717, 1.165) is 30.5 Å². The fraction of sp³-hybridized carbons (Fsp3) is 0.656. The Morgan fingerprint density at radius 2 is 1.78 bits per heavy atom. The van der Waals surface area contributed by atoms with Gasteiger partial charge in [0.1, 0.15) is 12.1 Å². The zero-order chi connectivity index (χ0) is 33.9. The molecule has 1 saturated heterocycles. The first kappa shape index (κ1) is 34.2. The highest BCUT2D eigenvalue weighted by Gasteiger charge is 2.67. The number of alkyl halides is 3. The Kier molecular flexibility index (Phi) is 8.84. The number of aryl methyl sites for hydroxylation is 1. The molecular weight excluding hydrogens is 591 g/mol. The molecule has 1 aromatic rings. The summed E-state index contributed by atoms with van der Waals surface area (Å²) in [6.07, 6.45) is -0.161. The SMILES string of the molecule is CC1(C)CCc2[nH]c(=O)c(CC(NC(=O)C=C[C@@H]3[C@@H]4[C@H](CN3C(=O)[C@@H](NC(=O)C(F)(F)F)C(C)(C)C)C4(C)C)C(N)=O)cc2C1. The maximum atomic E-state index is 13.6. The number of halogens is 3. The number of primary amides is 1. The number of nitrogens with zero attached hydrogens (tertiary/aromatic N) is 1. The highest BCUT2D eigenvalue weighted by Crippen LogP contribution is 2.65. The van der Waals surface area contributed by atoms with Crippen molar-refractivity contribution < 1.29 is 32.3 Å². The van der Waals surface area contributed by atoms with E-state index in [1.165, 1.54) is 17.1 Å². The van der Waals surface area contributed by atoms with Gasteiger partial charge >= 0.3 is 12.1 Å². The van der Waals surface area contributed by atoms with E-state index in [9.17, 15) is 37.1 Å². The quantitative estimate of drug-likeness (QED) is 0.324. The van der Waals surface area contributed by atoms with Gasteiger partial charge in [0.05, 0.1) is 6.04 Å². The lowest BCUT2D eigenvalue weighted by Crippen LogP contribution is -2.58. The van der Waals surface area contributed by atoms with E-state index in [-0.39, 0.29) is 41.2 Å². The van der Waals surface area contributed by atoms with Crippen LogP contribution in [-0.4, -0.2) is 64.4 Å². The summed E-state index contributed by atoms with van der Waals surface area (Å²) in [6.45, 7) is 13.2. The zero-order valence-corrected chi connectivity index (χ0v) is 26.9. The molecule has 4 rings (SSSR count). The van der Waals surface area contributed by atoms with Gasteiger partial charge in [0, 0.05) is 30.3 Å². The first-order chi connectivity index (χ1) is 20.5. The van der Waals surface area contributed by atoms with Crippen LogP contribution in [-0.2, 0) is 38.4 Å². The number of aromatic amines is 1. The molecule has 0 radical (unpaired) electrons. The molecule has 0 spiro atoms. The summed E-state index contributed by atoms with van der Waals surface area (Å²) in [6, 6.07) is -1.51. The molecule has 0 aromatic carbocycles. The molecule has 2 aliphatic carbocycles. The first-order valence-electron chi connectivity index (χ1n) is 15.2. The van der Waals surface area contributed by atoms with E-state index in [1.807, 2.05) is 19.2 Å². The van der Waals surface area contributed by atoms with E-state index in [4.69, 9.17) is 5.73 Å². The van der Waals surface area contributed by atoms with Gasteiger partial charge in [-0.3, -0.25) is 24.0 Å². The summed E-state index contributed by atoms with van der Waals surface area (Å²) < 4.78 is 39.2. The standard InChI is InChI=1S/C32H44F3N5O5/c1-29(2,3)24(39-28(45)32(33,34)35)27(44)40-15-18-23(31(18,6)7)21(40)8-9-22(41)37-20(25(36)42)13-16-12-17-14-30(4,5)11-10-19(17)38-26(16)43/h8-9,12,18,20-21,23-24H,10-11,13-15H2,1-7H3,(H2,36,42)(H,37,41)(H,38,43)(H,39,45)/t18-,20?,21+,23-,24+/m0/s1. The third kappa shape index (κ3) is 7.27. The fourth-order valence-corrected chi connectivity index (χ4v) is 6.94. The van der Waals surface area contributed by atoms with E-state index in [0.29, 0.717) is 5.56 Å². The number of nitrogens with one attached hydrogen (secondary N) is 3. The van der Waals surface area contributed by atoms with E-state index < -0.39 is 53.3 Å². The Labute approximate surface area is 260 Å². The fourth-order valence-electron chi connectivity index (χ4n) is 6.94. The highest BCUT2D eigenvalue weighted by atomic mass is 19.4. The predicted octanol–water partition coefficient (Wildman–Crippen LogP) is 2.53. The molecule has 1 unspecified atom stereocenters. The van der Waals surface area contributed by atoms with Gasteiger partial charge in [0.25, 0.3) is 5.56 Å². The van der Waals surface area contributed by atoms with Gasteiger partial charge in [0.15, 0.2) is 0 Å². The molecule has 1 aromatic heterocycles. The Hall–Kier alpha value is -3.64. The number of likely N-dealkylation sites (tertiary alicyclic amines) is 1. The number of H-pyrrole nitrogens is 1. The molecule has 2 heterocycles. The summed E-state index contributed by atoms with van der Waals surface area (Å²) in [5.41, 5.74) is 6.28. The Balaban J connectivity index is 1.51. The van der Waals surface area contributed by atoms with Gasteiger partial charge < -0.3 is 26.3 Å². The number of carbonyl (C=O) groups is 4. The number of hydrogen-bond donors (Lipinski definition) is 4. The van der Waals surface area contributed by atoms with Crippen LogP contribution in [0.1, 0.15) is 71.7 Å². The number of hydrogen-bond acceptors (Lipinski definition) is 5. The highest BCUT2D eigenvalue weighted by molar-refractivity contribution is 5.93. The predicted molar refractivity (Wildman–Crippen MR) is 161 cm³/mol. The molecule has 0 bridgehead atoms. The molecule has 4 amide bonds. The van der Waals surface area contributed by atoms with Crippen LogP contribution in [0, 0.1) is 28.1 Å². The first-order valence-corrected chi connectivity index (χ1v) is 15.2. The summed E-state index contributed by atoms with van der Waals surface area (Å²) in [5, 5.41) is 4.42. The molecule has 5 N–H and O–H groups in total. The normalized spacial score (nSPS) is 24.8. The monoisotopic (exact) mass is 635 g/mol. The maximum absolute atomic E-state index is 13.6. The van der Waals surface area contributed by atoms with E-state index in [1.54, 1.807) is 26.8 Å². The molecule has 10 nitrogen and oxygen atoms in total. The second-order valence-corrected chi connectivity index (χ2v) is 15.2. The minimum Gasteiger partial charge on any atom is -0.368 e. The maximum Gasteiger partial charge on any atom is 0.471 e. The van der Waals surface area contributed by atoms with Crippen molar-refractivity contribution in [3.63, 3.8) is 0 Å². The van der Waals surface area contributed by atoms with Crippen LogP contribution in [0.5, 0.6) is 0 Å². The molecule has 2 fully saturated rings. The molecule has 1 aliphatic heterocycles. The van der Waals surface area contributed by atoms with Crippen molar-refractivity contribution in [2.45, 2.75) is 98.5 Å². The molecule has 45 heavy (non-hydrogen) atoms. The lowest BCUT2D eigenvalue weighted by Gasteiger charge is -2.37. The van der Waals surface area contributed by atoms with Gasteiger partial charge in [-0.25, -0.2) is 0 Å². The molecule has 1 saturated carbocycles. The molecule has 5 atom stereocenters. The lowest BCUT2D eigenvalue weighted by atomic mass is 9.75. The Morgan fingerprint density at radius 3 is 2.36 bits per heavy atom. The van der Waals surface area contributed by atoms with Gasteiger partial charge in [-0.1, -0.05) is 54.5 Å². The van der Waals surface area contributed by atoms with Crippen molar-refractivity contribution in [1.82, 2.24) is 20.5 Å². The summed E-state index contributed by atoms with van der Waals surface area (Å²) in [7, 11) is 0. The number of fused-ring (bicyclic) bond motifs is 2. The number of rotatable bonds is 8. The van der Waals surface area contributed by atoms with Gasteiger partial charge in [-0.2, -0.15) is 13.2 Å². The van der Waals surface area contributed by atoms with Crippen molar-refractivity contribution in [1.29, 1.82) is 0 Å². The average molecular weight is 636 g/mol. The summed E-state index contributed by atoms with van der Waals surface area (Å²) in [4.78, 5) is 67.9. The average Bonchev–Trinajstić information content (AvgIpc) is 3.22. The van der Waals surface area contributed by atoms with Crippen LogP contribution >= 0.6 is 0 Å². The summed E-state index contributed by atoms with van der Waals surface area (Å²) in [5.74, 6) is -4.40. The molecular formula is C32H44F3N5O5. The van der Waals surface area contributed by atoms with Crippen LogP contribution in [0.3, 0.4) is 0 Å². The number of amides is 4. The lowest BCUT2D eigenvalue weighted by molar-refractivity contribution is -0.176. The second kappa shape index (κ2) is 11.6. The molecule has 13 heteroatoms. The van der Waals surface area contributed by atoms with Crippen LogP contribution in [0.25, 0.3) is 0 Å². The summed E-state index contributed by atoms with van der Waals surface area (Å²) >= 11 is 0. The topological polar surface area (TPSA) is 154 Å². The second-order valence-electron chi connectivity index (χ2n) is 15.2. The number of pyridine rings is 1. The Morgan fingerprint density at radius 1 is 1.13 bits per heavy atom. The van der Waals surface area contributed by atoms with Crippen LogP contribution in [0.15, 0.2) is 23.0 Å². The number of carbonyl (C=O) groups excluding carboxylic acids is 4. The van der Waals surface area contributed by atoms with Crippen molar-refractivity contribution in [3.05, 3.63) is 45.4 Å². The largest absolute Gasteiger partial charge is 0.471 e. The third-order valence-corrected chi connectivity index (χ3v) is 9.73. The minimum atomic E-state index is -5.16. The Bertz CT molecular complexity index is 1470. The number of aromatic nitrogens is 1. The number of piperidine rings is 1.